The number of nitrogens with one attached hydrogen (secondary N) is 1. The third kappa shape index (κ3) is 2.59. The number of hydrogen-bond acceptors (Lipinski definition) is 2. The molecule has 5 rings (SSSR count). The molecule has 0 bridgehead atoms. The predicted octanol–water partition coefficient (Wildman–Crippen LogP) is 5.76. The summed E-state index contributed by atoms with van der Waals surface area (Å²) in [5.41, 5.74) is 6.50. The fourth-order valence-corrected chi connectivity index (χ4v) is 4.25. The van der Waals surface area contributed by atoms with E-state index >= 15 is 0 Å². The molecule has 2 aliphatic carbocycles. The van der Waals surface area contributed by atoms with Gasteiger partial charge < -0.3 is 10.2 Å². The minimum Gasteiger partial charge on any atom is -0.356 e. The molecule has 0 saturated carbocycles. The van der Waals surface area contributed by atoms with Crippen molar-refractivity contribution in [2.45, 2.75) is 24.8 Å². The minimum atomic E-state index is 0.367. The fourth-order valence-electron chi connectivity index (χ4n) is 4.25. The second-order valence-electron chi connectivity index (χ2n) is 7.04. The van der Waals surface area contributed by atoms with Gasteiger partial charge in [0.25, 0.3) is 0 Å². The molecule has 2 unspecified atom stereocenters. The van der Waals surface area contributed by atoms with Crippen LogP contribution in [0.1, 0.15) is 24.3 Å². The van der Waals surface area contributed by atoms with Gasteiger partial charge >= 0.3 is 0 Å². The molecule has 2 nitrogen and oxygen atoms in total. The molecule has 0 aromatic heterocycles. The van der Waals surface area contributed by atoms with Gasteiger partial charge in [-0.25, -0.2) is 0 Å². The molecule has 1 heterocycles. The number of nitrogens with zero attached hydrogens (tertiary/aromatic N) is 1. The highest BCUT2D eigenvalue weighted by molar-refractivity contribution is 5.70. The quantitative estimate of drug-likeness (QED) is 0.765. The molecule has 2 aromatic rings. The monoisotopic (exact) mass is 338 g/mol. The molecule has 0 saturated heterocycles. The van der Waals surface area contributed by atoms with Crippen molar-refractivity contribution in [2.24, 2.45) is 0 Å². The van der Waals surface area contributed by atoms with Gasteiger partial charge in [-0.3, -0.25) is 0 Å². The van der Waals surface area contributed by atoms with Crippen LogP contribution in [-0.4, -0.2) is 6.04 Å². The number of para-hydroxylation sites is 2. The average Bonchev–Trinajstić information content (AvgIpc) is 3.03. The summed E-state index contributed by atoms with van der Waals surface area (Å²) >= 11 is 0. The Morgan fingerprint density at radius 2 is 1.81 bits per heavy atom. The summed E-state index contributed by atoms with van der Waals surface area (Å²) < 4.78 is 0. The number of benzene rings is 2. The maximum absolute atomic E-state index is 3.55. The zero-order valence-corrected chi connectivity index (χ0v) is 14.7. The van der Waals surface area contributed by atoms with E-state index in [9.17, 15) is 0 Å². The Balaban J connectivity index is 1.51. The van der Waals surface area contributed by atoms with Crippen molar-refractivity contribution in [3.05, 3.63) is 108 Å². The van der Waals surface area contributed by atoms with Crippen molar-refractivity contribution in [3.8, 4) is 0 Å². The molecule has 0 amide bonds. The lowest BCUT2D eigenvalue weighted by molar-refractivity contribution is 0.697. The highest BCUT2D eigenvalue weighted by Gasteiger charge is 2.38. The van der Waals surface area contributed by atoms with Crippen LogP contribution in [0.2, 0.25) is 0 Å². The Kier molecular flexibility index (Phi) is 3.75. The van der Waals surface area contributed by atoms with E-state index < -0.39 is 0 Å². The maximum atomic E-state index is 3.55. The Morgan fingerprint density at radius 3 is 2.65 bits per heavy atom. The van der Waals surface area contributed by atoms with Gasteiger partial charge in [0.15, 0.2) is 0 Å². The van der Waals surface area contributed by atoms with Crippen molar-refractivity contribution in [1.29, 1.82) is 0 Å². The van der Waals surface area contributed by atoms with E-state index in [1.165, 1.54) is 22.6 Å². The van der Waals surface area contributed by atoms with Crippen LogP contribution in [0.25, 0.3) is 0 Å². The normalized spacial score (nSPS) is 23.2. The van der Waals surface area contributed by atoms with Crippen LogP contribution in [0, 0.1) is 0 Å². The Bertz CT molecular complexity index is 934. The average molecular weight is 338 g/mol. The van der Waals surface area contributed by atoms with Gasteiger partial charge in [0, 0.05) is 28.7 Å². The molecule has 1 N–H and O–H groups in total. The smallest absolute Gasteiger partial charge is 0.0627 e. The van der Waals surface area contributed by atoms with E-state index in [4.69, 9.17) is 0 Å². The molecule has 26 heavy (non-hydrogen) atoms. The Labute approximate surface area is 154 Å². The molecule has 0 fully saturated rings. The first kappa shape index (κ1) is 15.3. The van der Waals surface area contributed by atoms with Crippen molar-refractivity contribution < 1.29 is 0 Å². The largest absolute Gasteiger partial charge is 0.356 e. The number of fused-ring (bicyclic) bond motifs is 3. The lowest BCUT2D eigenvalue weighted by Crippen LogP contribution is -2.33. The highest BCUT2D eigenvalue weighted by Crippen LogP contribution is 2.47. The van der Waals surface area contributed by atoms with Crippen LogP contribution in [0.15, 0.2) is 102 Å². The van der Waals surface area contributed by atoms with E-state index in [1.54, 1.807) is 0 Å². The summed E-state index contributed by atoms with van der Waals surface area (Å²) in [5, 5.41) is 3.55. The molecule has 3 aliphatic rings. The number of anilines is 2. The van der Waals surface area contributed by atoms with Gasteiger partial charge in [0.1, 0.15) is 0 Å². The standard InChI is InChI=1S/C24H22N2/c1-3-9-18(10-4-1)25-19-15-16-24-22(17-19)21-13-7-8-14-23(21)26(24)20-11-5-2-6-12-20/h1-5,7-11,13-17,22,24-25H,6,12H2. The summed E-state index contributed by atoms with van der Waals surface area (Å²) in [6.45, 7) is 0. The van der Waals surface area contributed by atoms with Crippen LogP contribution < -0.4 is 10.2 Å². The summed E-state index contributed by atoms with van der Waals surface area (Å²) in [5.74, 6) is 0.384. The Morgan fingerprint density at radius 1 is 0.962 bits per heavy atom. The first-order valence-electron chi connectivity index (χ1n) is 9.36. The van der Waals surface area contributed by atoms with E-state index in [1.807, 2.05) is 6.07 Å². The van der Waals surface area contributed by atoms with Crippen molar-refractivity contribution >= 4 is 11.4 Å². The van der Waals surface area contributed by atoms with Crippen LogP contribution >= 0.6 is 0 Å². The lowest BCUT2D eigenvalue weighted by Gasteiger charge is -2.32. The zero-order valence-electron chi connectivity index (χ0n) is 14.7. The van der Waals surface area contributed by atoms with E-state index in [2.05, 4.69) is 95.2 Å². The summed E-state index contributed by atoms with van der Waals surface area (Å²) in [6, 6.07) is 19.6. The maximum Gasteiger partial charge on any atom is 0.0627 e. The SMILES string of the molecule is C1=CCCC(N2c3ccccc3C3C=C(Nc4ccccc4)C=CC32)=C1. The first-order valence-corrected chi connectivity index (χ1v) is 9.36. The van der Waals surface area contributed by atoms with E-state index in [0.717, 1.165) is 18.5 Å². The second kappa shape index (κ2) is 6.38. The summed E-state index contributed by atoms with van der Waals surface area (Å²) in [4.78, 5) is 2.54. The van der Waals surface area contributed by atoms with Crippen molar-refractivity contribution in [2.75, 3.05) is 10.2 Å². The lowest BCUT2D eigenvalue weighted by atomic mass is 9.90. The second-order valence-corrected chi connectivity index (χ2v) is 7.04. The highest BCUT2D eigenvalue weighted by atomic mass is 15.2. The first-order chi connectivity index (χ1) is 12.9. The van der Waals surface area contributed by atoms with Crippen LogP contribution in [-0.2, 0) is 0 Å². The van der Waals surface area contributed by atoms with Crippen LogP contribution in [0.5, 0.6) is 0 Å². The number of rotatable bonds is 3. The van der Waals surface area contributed by atoms with Crippen molar-refractivity contribution in [1.82, 2.24) is 0 Å². The molecule has 2 atom stereocenters. The third-order valence-corrected chi connectivity index (χ3v) is 5.42. The van der Waals surface area contributed by atoms with Gasteiger partial charge in [0.2, 0.25) is 0 Å². The van der Waals surface area contributed by atoms with Gasteiger partial charge in [0.05, 0.1) is 6.04 Å². The molecule has 2 aromatic carbocycles. The van der Waals surface area contributed by atoms with E-state index in [0.29, 0.717) is 12.0 Å². The third-order valence-electron chi connectivity index (χ3n) is 5.42. The summed E-state index contributed by atoms with van der Waals surface area (Å²) in [6.07, 6.45) is 15.9. The zero-order chi connectivity index (χ0) is 17.3. The topological polar surface area (TPSA) is 15.3 Å². The molecule has 1 aliphatic heterocycles. The van der Waals surface area contributed by atoms with Gasteiger partial charge in [-0.2, -0.15) is 0 Å². The number of allylic oxidation sites excluding steroid dienone is 5. The van der Waals surface area contributed by atoms with Gasteiger partial charge in [-0.05, 0) is 48.8 Å². The Hall–Kier alpha value is -3.00. The van der Waals surface area contributed by atoms with Gasteiger partial charge in [-0.15, -0.1) is 0 Å². The van der Waals surface area contributed by atoms with Gasteiger partial charge in [-0.1, -0.05) is 60.7 Å². The molecular weight excluding hydrogens is 316 g/mol. The molecule has 128 valence electrons. The molecule has 2 heteroatoms. The molecular formula is C24H22N2. The minimum absolute atomic E-state index is 0.367. The van der Waals surface area contributed by atoms with Crippen LogP contribution in [0.3, 0.4) is 0 Å². The van der Waals surface area contributed by atoms with E-state index in [-0.39, 0.29) is 0 Å². The fraction of sp³-hybridized carbons (Fsp3) is 0.167. The predicted molar refractivity (Wildman–Crippen MR) is 109 cm³/mol. The van der Waals surface area contributed by atoms with Crippen LogP contribution in [0.4, 0.5) is 11.4 Å². The molecule has 0 spiro atoms. The van der Waals surface area contributed by atoms with Crippen molar-refractivity contribution in [3.63, 3.8) is 0 Å². The molecule has 0 radical (unpaired) electrons. The summed E-state index contributed by atoms with van der Waals surface area (Å²) in [7, 11) is 0. The number of hydrogen-bond donors (Lipinski definition) is 1.